The molecule has 0 aromatic rings. The summed E-state index contributed by atoms with van der Waals surface area (Å²) < 4.78 is 5.67. The van der Waals surface area contributed by atoms with Gasteiger partial charge in [0.1, 0.15) is 5.60 Å². The molecule has 0 bridgehead atoms. The fraction of sp³-hybridized carbons (Fsp3) is 0.846. The number of ether oxygens (including phenoxy) is 1. The van der Waals surface area contributed by atoms with Crippen molar-refractivity contribution in [1.82, 2.24) is 5.32 Å². The molecule has 2 aliphatic carbocycles. The third-order valence-corrected chi connectivity index (χ3v) is 4.07. The zero-order chi connectivity index (χ0) is 13.2. The monoisotopic (exact) mass is 255 g/mol. The lowest BCUT2D eigenvalue weighted by atomic mass is 9.80. The second-order valence-electron chi connectivity index (χ2n) is 5.31. The van der Waals surface area contributed by atoms with E-state index in [1.165, 1.54) is 0 Å². The van der Waals surface area contributed by atoms with Gasteiger partial charge in [-0.2, -0.15) is 0 Å². The van der Waals surface area contributed by atoms with Crippen LogP contribution < -0.4 is 5.32 Å². The van der Waals surface area contributed by atoms with Gasteiger partial charge in [0, 0.05) is 12.6 Å². The number of hydrogen-bond donors (Lipinski definition) is 2. The van der Waals surface area contributed by atoms with Crippen LogP contribution in [0.1, 0.15) is 45.4 Å². The number of carboxylic acids is 1. The molecule has 2 aliphatic rings. The normalized spacial score (nSPS) is 29.6. The molecular formula is C13H21NO4. The molecule has 0 atom stereocenters. The molecule has 1 amide bonds. The van der Waals surface area contributed by atoms with Gasteiger partial charge in [0.05, 0.1) is 5.92 Å². The van der Waals surface area contributed by atoms with E-state index in [2.05, 4.69) is 5.32 Å². The summed E-state index contributed by atoms with van der Waals surface area (Å²) >= 11 is 0. The van der Waals surface area contributed by atoms with Crippen molar-refractivity contribution in [3.63, 3.8) is 0 Å². The Bertz CT molecular complexity index is 330. The smallest absolute Gasteiger partial charge is 0.306 e. The molecule has 102 valence electrons. The molecule has 2 N–H and O–H groups in total. The van der Waals surface area contributed by atoms with Gasteiger partial charge in [0.25, 0.3) is 5.91 Å². The maximum Gasteiger partial charge on any atom is 0.306 e. The maximum absolute atomic E-state index is 12.3. The van der Waals surface area contributed by atoms with Crippen LogP contribution in [0.5, 0.6) is 0 Å². The minimum Gasteiger partial charge on any atom is -0.481 e. The topological polar surface area (TPSA) is 75.6 Å². The number of nitrogens with one attached hydrogen (secondary N) is 1. The third kappa shape index (κ3) is 2.51. The highest BCUT2D eigenvalue weighted by atomic mass is 16.5. The number of carboxylic acid groups (broad SMARTS) is 1. The zero-order valence-electron chi connectivity index (χ0n) is 10.8. The molecule has 0 radical (unpaired) electrons. The first-order valence-corrected chi connectivity index (χ1v) is 6.75. The van der Waals surface area contributed by atoms with Crippen molar-refractivity contribution in [3.05, 3.63) is 0 Å². The van der Waals surface area contributed by atoms with E-state index in [0.29, 0.717) is 19.4 Å². The van der Waals surface area contributed by atoms with Crippen molar-refractivity contribution < 1.29 is 19.4 Å². The highest BCUT2D eigenvalue weighted by Gasteiger charge is 2.44. The Hall–Kier alpha value is -1.10. The standard InChI is InChI=1S/C13H21NO4/c1-2-18-13(5-3-4-6-13)12(17)14-10-7-9(8-10)11(15)16/h9-10H,2-8H2,1H3,(H,14,17)(H,15,16). The second kappa shape index (κ2) is 5.26. The predicted octanol–water partition coefficient (Wildman–Crippen LogP) is 1.32. The molecule has 0 aromatic carbocycles. The Morgan fingerprint density at radius 3 is 2.44 bits per heavy atom. The van der Waals surface area contributed by atoms with Crippen LogP contribution in [0.25, 0.3) is 0 Å². The molecule has 0 saturated heterocycles. The van der Waals surface area contributed by atoms with Gasteiger partial charge in [-0.05, 0) is 45.4 Å². The van der Waals surface area contributed by atoms with Crippen molar-refractivity contribution >= 4 is 11.9 Å². The summed E-state index contributed by atoms with van der Waals surface area (Å²) in [6.07, 6.45) is 4.70. The first kappa shape index (κ1) is 13.3. The lowest BCUT2D eigenvalue weighted by molar-refractivity contribution is -0.151. The van der Waals surface area contributed by atoms with Gasteiger partial charge in [0.15, 0.2) is 0 Å². The minimum absolute atomic E-state index is 0.0107. The first-order valence-electron chi connectivity index (χ1n) is 6.75. The van der Waals surface area contributed by atoms with Gasteiger partial charge in [-0.3, -0.25) is 9.59 Å². The van der Waals surface area contributed by atoms with Crippen LogP contribution >= 0.6 is 0 Å². The average Bonchev–Trinajstić information content (AvgIpc) is 2.72. The number of carbonyl (C=O) groups excluding carboxylic acids is 1. The molecule has 0 aromatic heterocycles. The Balaban J connectivity index is 1.85. The van der Waals surface area contributed by atoms with Crippen LogP contribution in [0.15, 0.2) is 0 Å². The van der Waals surface area contributed by atoms with Crippen LogP contribution in [0.4, 0.5) is 0 Å². The van der Waals surface area contributed by atoms with Gasteiger partial charge in [-0.15, -0.1) is 0 Å². The Kier molecular flexibility index (Phi) is 3.90. The van der Waals surface area contributed by atoms with Crippen molar-refractivity contribution in [2.45, 2.75) is 57.1 Å². The van der Waals surface area contributed by atoms with Crippen LogP contribution in [0, 0.1) is 5.92 Å². The van der Waals surface area contributed by atoms with Gasteiger partial charge in [0.2, 0.25) is 0 Å². The Morgan fingerprint density at radius 2 is 1.94 bits per heavy atom. The van der Waals surface area contributed by atoms with Crippen molar-refractivity contribution in [2.24, 2.45) is 5.92 Å². The van der Waals surface area contributed by atoms with Crippen molar-refractivity contribution in [2.75, 3.05) is 6.61 Å². The van der Waals surface area contributed by atoms with E-state index in [1.807, 2.05) is 6.92 Å². The van der Waals surface area contributed by atoms with E-state index in [1.54, 1.807) is 0 Å². The number of hydrogen-bond acceptors (Lipinski definition) is 3. The molecule has 5 nitrogen and oxygen atoms in total. The van der Waals surface area contributed by atoms with E-state index < -0.39 is 11.6 Å². The molecule has 2 saturated carbocycles. The van der Waals surface area contributed by atoms with E-state index in [0.717, 1.165) is 25.7 Å². The predicted molar refractivity (Wildman–Crippen MR) is 65.1 cm³/mol. The molecule has 5 heteroatoms. The van der Waals surface area contributed by atoms with E-state index in [-0.39, 0.29) is 17.9 Å². The first-order chi connectivity index (χ1) is 8.57. The maximum atomic E-state index is 12.3. The third-order valence-electron chi connectivity index (χ3n) is 4.07. The number of aliphatic carboxylic acids is 1. The lowest BCUT2D eigenvalue weighted by Gasteiger charge is -2.36. The van der Waals surface area contributed by atoms with Gasteiger partial charge < -0.3 is 15.2 Å². The Morgan fingerprint density at radius 1 is 1.33 bits per heavy atom. The number of carbonyl (C=O) groups is 2. The molecule has 0 aliphatic heterocycles. The molecule has 0 unspecified atom stereocenters. The summed E-state index contributed by atoms with van der Waals surface area (Å²) in [5, 5.41) is 11.7. The molecule has 2 rings (SSSR count). The van der Waals surface area contributed by atoms with Crippen LogP contribution in [0.2, 0.25) is 0 Å². The highest BCUT2D eigenvalue weighted by molar-refractivity contribution is 5.86. The van der Waals surface area contributed by atoms with Crippen LogP contribution in [0.3, 0.4) is 0 Å². The van der Waals surface area contributed by atoms with Gasteiger partial charge in [-0.25, -0.2) is 0 Å². The Labute approximate surface area is 107 Å². The van der Waals surface area contributed by atoms with E-state index in [4.69, 9.17) is 9.84 Å². The molecule has 0 spiro atoms. The van der Waals surface area contributed by atoms with Gasteiger partial charge >= 0.3 is 5.97 Å². The fourth-order valence-corrected chi connectivity index (χ4v) is 2.91. The summed E-state index contributed by atoms with van der Waals surface area (Å²) in [6, 6.07) is 0.0107. The van der Waals surface area contributed by atoms with E-state index in [9.17, 15) is 9.59 Å². The lowest BCUT2D eigenvalue weighted by Crippen LogP contribution is -2.54. The quantitative estimate of drug-likeness (QED) is 0.776. The molecule has 18 heavy (non-hydrogen) atoms. The molecular weight excluding hydrogens is 234 g/mol. The largest absolute Gasteiger partial charge is 0.481 e. The highest BCUT2D eigenvalue weighted by Crippen LogP contribution is 2.35. The number of rotatable bonds is 5. The summed E-state index contributed by atoms with van der Waals surface area (Å²) in [5.41, 5.74) is -0.650. The fourth-order valence-electron chi connectivity index (χ4n) is 2.91. The SMILES string of the molecule is CCOC1(C(=O)NC2CC(C(=O)O)C2)CCCC1. The minimum atomic E-state index is -0.763. The average molecular weight is 255 g/mol. The zero-order valence-corrected chi connectivity index (χ0v) is 10.8. The van der Waals surface area contributed by atoms with Crippen LogP contribution in [-0.2, 0) is 14.3 Å². The second-order valence-corrected chi connectivity index (χ2v) is 5.31. The summed E-state index contributed by atoms with van der Waals surface area (Å²) in [6.45, 7) is 2.44. The molecule has 0 heterocycles. The van der Waals surface area contributed by atoms with Crippen LogP contribution in [-0.4, -0.2) is 35.2 Å². The summed E-state index contributed by atoms with van der Waals surface area (Å²) in [7, 11) is 0. The van der Waals surface area contributed by atoms with Crippen molar-refractivity contribution in [1.29, 1.82) is 0 Å². The molecule has 2 fully saturated rings. The van der Waals surface area contributed by atoms with Crippen molar-refractivity contribution in [3.8, 4) is 0 Å². The summed E-state index contributed by atoms with van der Waals surface area (Å²) in [5.74, 6) is -1.10. The summed E-state index contributed by atoms with van der Waals surface area (Å²) in [4.78, 5) is 23.0. The van der Waals surface area contributed by atoms with E-state index >= 15 is 0 Å². The number of amides is 1. The van der Waals surface area contributed by atoms with Gasteiger partial charge in [-0.1, -0.05) is 0 Å².